The first kappa shape index (κ1) is 27.2. The molecule has 0 unspecified atom stereocenters. The lowest BCUT2D eigenvalue weighted by atomic mass is 9.82. The van der Waals surface area contributed by atoms with Crippen molar-refractivity contribution in [3.63, 3.8) is 0 Å². The fourth-order valence-electron chi connectivity index (χ4n) is 5.35. The van der Waals surface area contributed by atoms with Gasteiger partial charge in [0.1, 0.15) is 0 Å². The highest BCUT2D eigenvalue weighted by molar-refractivity contribution is 6.32. The lowest BCUT2D eigenvalue weighted by Crippen LogP contribution is -2.27. The number of carboxylic acid groups (broad SMARTS) is 1. The van der Waals surface area contributed by atoms with Crippen LogP contribution in [0.4, 0.5) is 5.69 Å². The zero-order valence-electron chi connectivity index (χ0n) is 21.4. The van der Waals surface area contributed by atoms with Gasteiger partial charge in [0.05, 0.1) is 16.6 Å². The van der Waals surface area contributed by atoms with E-state index >= 15 is 0 Å². The molecule has 1 fully saturated rings. The second kappa shape index (κ2) is 11.7. The predicted molar refractivity (Wildman–Crippen MR) is 150 cm³/mol. The number of halogens is 2. The third kappa shape index (κ3) is 6.16. The van der Waals surface area contributed by atoms with Crippen molar-refractivity contribution in [1.82, 2.24) is 4.98 Å². The van der Waals surface area contributed by atoms with Gasteiger partial charge in [-0.3, -0.25) is 14.6 Å². The van der Waals surface area contributed by atoms with Gasteiger partial charge in [0, 0.05) is 28.9 Å². The Morgan fingerprint density at radius 1 is 1.08 bits per heavy atom. The Bertz CT molecular complexity index is 1330. The number of rotatable bonds is 8. The number of carbonyl (C=O) groups excluding carboxylic acids is 1. The molecule has 2 N–H and O–H groups in total. The Balaban J connectivity index is 1.67. The van der Waals surface area contributed by atoms with Crippen molar-refractivity contribution >= 4 is 40.8 Å². The van der Waals surface area contributed by atoms with E-state index in [1.165, 1.54) is 0 Å². The van der Waals surface area contributed by atoms with Crippen molar-refractivity contribution in [3.8, 4) is 11.1 Å². The first-order valence-electron chi connectivity index (χ1n) is 12.7. The Morgan fingerprint density at radius 2 is 1.81 bits per heavy atom. The maximum atomic E-state index is 13.8. The van der Waals surface area contributed by atoms with E-state index in [2.05, 4.69) is 10.3 Å². The van der Waals surface area contributed by atoms with Gasteiger partial charge >= 0.3 is 5.97 Å². The van der Waals surface area contributed by atoms with Crippen molar-refractivity contribution in [1.29, 1.82) is 0 Å². The van der Waals surface area contributed by atoms with Gasteiger partial charge in [-0.1, -0.05) is 54.2 Å². The fraction of sp³-hybridized carbons (Fsp3) is 0.367. The first-order valence-corrected chi connectivity index (χ1v) is 13.4. The lowest BCUT2D eigenvalue weighted by Gasteiger charge is -2.26. The normalized spacial score (nSPS) is 14.5. The summed E-state index contributed by atoms with van der Waals surface area (Å²) in [5.74, 6) is -1.11. The minimum Gasteiger partial charge on any atom is -0.481 e. The third-order valence-electron chi connectivity index (χ3n) is 7.48. The molecule has 194 valence electrons. The largest absolute Gasteiger partial charge is 0.481 e. The highest BCUT2D eigenvalue weighted by atomic mass is 35.5. The van der Waals surface area contributed by atoms with Gasteiger partial charge in [0.25, 0.3) is 0 Å². The molecule has 4 rings (SSSR count). The highest BCUT2D eigenvalue weighted by Crippen LogP contribution is 2.43. The summed E-state index contributed by atoms with van der Waals surface area (Å²) in [4.78, 5) is 29.3. The van der Waals surface area contributed by atoms with Gasteiger partial charge < -0.3 is 10.4 Å². The fourth-order valence-corrected chi connectivity index (χ4v) is 5.80. The topological polar surface area (TPSA) is 79.3 Å². The molecule has 1 saturated carbocycles. The number of amides is 1. The van der Waals surface area contributed by atoms with Crippen LogP contribution in [-0.2, 0) is 16.0 Å². The van der Waals surface area contributed by atoms with Crippen LogP contribution in [0.1, 0.15) is 66.0 Å². The number of nitrogens with zero attached hydrogens (tertiary/aromatic N) is 1. The number of carbonyl (C=O) groups is 2. The van der Waals surface area contributed by atoms with E-state index in [0.29, 0.717) is 22.2 Å². The summed E-state index contributed by atoms with van der Waals surface area (Å²) in [5.41, 5.74) is 6.95. The maximum Gasteiger partial charge on any atom is 0.303 e. The average molecular weight is 540 g/mol. The standard InChI is InChI=1S/C30H32Cl2N2O3/c1-17-13-24(26(32)15-23(17)22-14-25(31)19(3)33-16-22)29(21-7-4-5-8-21)30(37)34-27-10-6-9-20(18(27)2)11-12-28(35)36/h6,9-10,13-16,21,29H,4-5,7-8,11-12H2,1-3H3,(H,34,37)(H,35,36)/t29-/m1/s1. The predicted octanol–water partition coefficient (Wildman–Crippen LogP) is 7.91. The van der Waals surface area contributed by atoms with Crippen LogP contribution in [0.2, 0.25) is 10.0 Å². The second-order valence-corrected chi connectivity index (χ2v) is 10.8. The number of nitrogens with one attached hydrogen (secondary N) is 1. The highest BCUT2D eigenvalue weighted by Gasteiger charge is 2.34. The minimum absolute atomic E-state index is 0.0475. The van der Waals surface area contributed by atoms with Crippen molar-refractivity contribution < 1.29 is 14.7 Å². The summed E-state index contributed by atoms with van der Waals surface area (Å²) in [6.07, 6.45) is 6.41. The van der Waals surface area contributed by atoms with Crippen LogP contribution in [0.25, 0.3) is 11.1 Å². The van der Waals surface area contributed by atoms with E-state index in [1.807, 2.05) is 57.2 Å². The molecule has 7 heteroatoms. The smallest absolute Gasteiger partial charge is 0.303 e. The number of benzene rings is 2. The van der Waals surface area contributed by atoms with Gasteiger partial charge in [0.2, 0.25) is 5.91 Å². The number of pyridine rings is 1. The number of aromatic nitrogens is 1. The molecule has 5 nitrogen and oxygen atoms in total. The molecule has 0 saturated heterocycles. The molecule has 3 aromatic rings. The zero-order valence-corrected chi connectivity index (χ0v) is 22.9. The van der Waals surface area contributed by atoms with Crippen LogP contribution >= 0.6 is 23.2 Å². The number of anilines is 1. The summed E-state index contributed by atoms with van der Waals surface area (Å²) >= 11 is 13.2. The molecule has 1 aliphatic rings. The molecule has 0 bridgehead atoms. The van der Waals surface area contributed by atoms with E-state index in [0.717, 1.165) is 64.8 Å². The average Bonchev–Trinajstić information content (AvgIpc) is 3.38. The molecule has 1 atom stereocenters. The van der Waals surface area contributed by atoms with E-state index < -0.39 is 5.97 Å². The molecule has 1 aliphatic carbocycles. The zero-order chi connectivity index (χ0) is 26.7. The van der Waals surface area contributed by atoms with Gasteiger partial charge in [-0.2, -0.15) is 0 Å². The number of aliphatic carboxylic acids is 1. The molecule has 1 aromatic heterocycles. The Kier molecular flexibility index (Phi) is 8.56. The van der Waals surface area contributed by atoms with Gasteiger partial charge in [-0.15, -0.1) is 0 Å². The number of hydrogen-bond acceptors (Lipinski definition) is 3. The van der Waals surface area contributed by atoms with E-state index in [1.54, 1.807) is 6.20 Å². The van der Waals surface area contributed by atoms with Gasteiger partial charge in [-0.25, -0.2) is 0 Å². The molecule has 2 aromatic carbocycles. The van der Waals surface area contributed by atoms with Gasteiger partial charge in [-0.05, 0) is 92.0 Å². The van der Waals surface area contributed by atoms with Crippen molar-refractivity contribution in [2.24, 2.45) is 5.92 Å². The molecular weight excluding hydrogens is 507 g/mol. The SMILES string of the molecule is Cc1cc([C@H](C(=O)Nc2cccc(CCC(=O)O)c2C)C2CCCC2)c(Cl)cc1-c1cnc(C)c(Cl)c1. The van der Waals surface area contributed by atoms with Crippen LogP contribution in [0.3, 0.4) is 0 Å². The summed E-state index contributed by atoms with van der Waals surface area (Å²) in [6.45, 7) is 5.80. The number of carboxylic acids is 1. The van der Waals surface area contributed by atoms with E-state index in [9.17, 15) is 9.59 Å². The monoisotopic (exact) mass is 538 g/mol. The molecule has 0 spiro atoms. The van der Waals surface area contributed by atoms with Crippen LogP contribution in [0.5, 0.6) is 0 Å². The molecule has 1 amide bonds. The lowest BCUT2D eigenvalue weighted by molar-refractivity contribution is -0.137. The maximum absolute atomic E-state index is 13.8. The Morgan fingerprint density at radius 3 is 2.49 bits per heavy atom. The Labute approximate surface area is 228 Å². The van der Waals surface area contributed by atoms with E-state index in [4.69, 9.17) is 28.3 Å². The molecule has 1 heterocycles. The molecule has 37 heavy (non-hydrogen) atoms. The first-order chi connectivity index (χ1) is 17.7. The molecule has 0 aliphatic heterocycles. The summed E-state index contributed by atoms with van der Waals surface area (Å²) < 4.78 is 0. The third-order valence-corrected chi connectivity index (χ3v) is 8.19. The Hall–Kier alpha value is -2.89. The quantitative estimate of drug-likeness (QED) is 0.305. The summed E-state index contributed by atoms with van der Waals surface area (Å²) in [6, 6.07) is 11.5. The number of hydrogen-bond donors (Lipinski definition) is 2. The van der Waals surface area contributed by atoms with Gasteiger partial charge in [0.15, 0.2) is 0 Å². The molecule has 0 radical (unpaired) electrons. The van der Waals surface area contributed by atoms with Crippen LogP contribution < -0.4 is 5.32 Å². The summed E-state index contributed by atoms with van der Waals surface area (Å²) in [7, 11) is 0. The van der Waals surface area contributed by atoms with Crippen LogP contribution in [0, 0.1) is 26.7 Å². The number of aryl methyl sites for hydroxylation is 3. The van der Waals surface area contributed by atoms with Crippen molar-refractivity contribution in [2.45, 2.75) is 65.2 Å². The molecular formula is C30H32Cl2N2O3. The van der Waals surface area contributed by atoms with Crippen LogP contribution in [0.15, 0.2) is 42.6 Å². The minimum atomic E-state index is -0.840. The van der Waals surface area contributed by atoms with Crippen LogP contribution in [-0.4, -0.2) is 22.0 Å². The summed E-state index contributed by atoms with van der Waals surface area (Å²) in [5, 5.41) is 13.4. The van der Waals surface area contributed by atoms with Crippen molar-refractivity contribution in [3.05, 3.63) is 80.6 Å². The second-order valence-electron chi connectivity index (χ2n) is 9.97. The van der Waals surface area contributed by atoms with E-state index in [-0.39, 0.29) is 24.2 Å². The van der Waals surface area contributed by atoms with Crippen molar-refractivity contribution in [2.75, 3.05) is 5.32 Å².